The molecule has 8 nitrogen and oxygen atoms in total. The third-order valence-electron chi connectivity index (χ3n) is 3.28. The zero-order chi connectivity index (χ0) is 15.6. The minimum Gasteiger partial charge on any atom is -0.383 e. The van der Waals surface area contributed by atoms with Gasteiger partial charge in [0.1, 0.15) is 12.5 Å². The van der Waals surface area contributed by atoms with Crippen LogP contribution in [0.2, 0.25) is 0 Å². The minimum atomic E-state index is 0.188. The van der Waals surface area contributed by atoms with Gasteiger partial charge in [0.25, 0.3) is 0 Å². The van der Waals surface area contributed by atoms with E-state index in [0.29, 0.717) is 18.9 Å². The molecule has 0 unspecified atom stereocenters. The number of nitrogens with two attached hydrogens (primary N) is 2. The lowest BCUT2D eigenvalue weighted by Gasteiger charge is -2.36. The SMILES string of the molecule is CN(C)C1=C(Cc2cnc(N)nc2N)N(N(C)C)CN=C1. The average Bonchev–Trinajstić information content (AvgIpc) is 2.41. The first-order chi connectivity index (χ1) is 9.90. The molecular weight excluding hydrogens is 268 g/mol. The third-order valence-corrected chi connectivity index (χ3v) is 3.28. The Morgan fingerprint density at radius 1 is 1.24 bits per heavy atom. The molecule has 2 rings (SSSR count). The van der Waals surface area contributed by atoms with E-state index < -0.39 is 0 Å². The molecule has 0 aromatic carbocycles. The Labute approximate surface area is 124 Å². The topological polar surface area (TPSA) is 99.9 Å². The van der Waals surface area contributed by atoms with Crippen LogP contribution in [0.5, 0.6) is 0 Å². The molecule has 0 radical (unpaired) electrons. The lowest BCUT2D eigenvalue weighted by atomic mass is 10.1. The van der Waals surface area contributed by atoms with Crippen LogP contribution in [0.1, 0.15) is 5.56 Å². The van der Waals surface area contributed by atoms with Crippen molar-refractivity contribution in [2.24, 2.45) is 4.99 Å². The molecule has 1 aliphatic rings. The first-order valence-electron chi connectivity index (χ1n) is 6.62. The molecule has 114 valence electrons. The van der Waals surface area contributed by atoms with Crippen LogP contribution in [0, 0.1) is 0 Å². The van der Waals surface area contributed by atoms with Crippen molar-refractivity contribution in [1.82, 2.24) is 24.9 Å². The monoisotopic (exact) mass is 290 g/mol. The molecule has 1 aromatic rings. The highest BCUT2D eigenvalue weighted by atomic mass is 15.6. The summed E-state index contributed by atoms with van der Waals surface area (Å²) in [5, 5.41) is 4.09. The van der Waals surface area contributed by atoms with Crippen LogP contribution >= 0.6 is 0 Å². The molecule has 0 saturated heterocycles. The first kappa shape index (κ1) is 15.0. The highest BCUT2D eigenvalue weighted by Gasteiger charge is 2.22. The molecular formula is C13H22N8. The van der Waals surface area contributed by atoms with E-state index in [2.05, 4.69) is 20.0 Å². The van der Waals surface area contributed by atoms with Gasteiger partial charge in [-0.25, -0.2) is 9.99 Å². The summed E-state index contributed by atoms with van der Waals surface area (Å²) in [5.74, 6) is 0.599. The normalized spacial score (nSPS) is 15.0. The molecule has 2 heterocycles. The number of allylic oxidation sites excluding steroid dienone is 2. The summed E-state index contributed by atoms with van der Waals surface area (Å²) in [5.41, 5.74) is 14.5. The highest BCUT2D eigenvalue weighted by Crippen LogP contribution is 2.23. The third kappa shape index (κ3) is 3.22. The molecule has 4 N–H and O–H groups in total. The van der Waals surface area contributed by atoms with Gasteiger partial charge in [0.2, 0.25) is 5.95 Å². The van der Waals surface area contributed by atoms with Gasteiger partial charge < -0.3 is 16.4 Å². The van der Waals surface area contributed by atoms with E-state index in [1.54, 1.807) is 6.20 Å². The molecule has 21 heavy (non-hydrogen) atoms. The van der Waals surface area contributed by atoms with Gasteiger partial charge in [-0.3, -0.25) is 10.0 Å². The molecule has 0 spiro atoms. The number of aliphatic imine (C=N–C) groups is 1. The summed E-state index contributed by atoms with van der Waals surface area (Å²) in [7, 11) is 7.95. The number of anilines is 2. The van der Waals surface area contributed by atoms with Crippen molar-refractivity contribution in [3.05, 3.63) is 23.2 Å². The maximum absolute atomic E-state index is 5.95. The quantitative estimate of drug-likeness (QED) is 0.790. The van der Waals surface area contributed by atoms with Gasteiger partial charge in [0.15, 0.2) is 0 Å². The number of rotatable bonds is 4. The van der Waals surface area contributed by atoms with E-state index in [1.807, 2.05) is 44.3 Å². The maximum Gasteiger partial charge on any atom is 0.221 e. The van der Waals surface area contributed by atoms with E-state index in [4.69, 9.17) is 11.5 Å². The fraction of sp³-hybridized carbons (Fsp3) is 0.462. The number of hydrazine groups is 1. The summed E-state index contributed by atoms with van der Waals surface area (Å²) < 4.78 is 0. The summed E-state index contributed by atoms with van der Waals surface area (Å²) in [4.78, 5) is 14.5. The zero-order valence-electron chi connectivity index (χ0n) is 12.9. The first-order valence-corrected chi connectivity index (χ1v) is 6.62. The van der Waals surface area contributed by atoms with Crippen LogP contribution in [0.3, 0.4) is 0 Å². The molecule has 1 aromatic heterocycles. The van der Waals surface area contributed by atoms with Gasteiger partial charge in [0.05, 0.1) is 11.4 Å². The smallest absolute Gasteiger partial charge is 0.221 e. The fourth-order valence-corrected chi connectivity index (χ4v) is 2.17. The van der Waals surface area contributed by atoms with Crippen molar-refractivity contribution in [2.45, 2.75) is 6.42 Å². The summed E-state index contributed by atoms with van der Waals surface area (Å²) >= 11 is 0. The highest BCUT2D eigenvalue weighted by molar-refractivity contribution is 5.79. The Morgan fingerprint density at radius 3 is 2.52 bits per heavy atom. The van der Waals surface area contributed by atoms with E-state index in [1.165, 1.54) is 0 Å². The molecule has 0 amide bonds. The lowest BCUT2D eigenvalue weighted by Crippen LogP contribution is -2.41. The molecule has 0 atom stereocenters. The summed E-state index contributed by atoms with van der Waals surface area (Å²) in [6.45, 7) is 0.579. The Morgan fingerprint density at radius 2 is 1.95 bits per heavy atom. The molecule has 0 bridgehead atoms. The second kappa shape index (κ2) is 5.96. The van der Waals surface area contributed by atoms with E-state index in [-0.39, 0.29) is 5.95 Å². The summed E-state index contributed by atoms with van der Waals surface area (Å²) in [6, 6.07) is 0. The van der Waals surface area contributed by atoms with Crippen LogP contribution < -0.4 is 11.5 Å². The van der Waals surface area contributed by atoms with E-state index in [0.717, 1.165) is 17.0 Å². The van der Waals surface area contributed by atoms with Crippen LogP contribution in [0.25, 0.3) is 0 Å². The van der Waals surface area contributed by atoms with Gasteiger partial charge >= 0.3 is 0 Å². The van der Waals surface area contributed by atoms with Gasteiger partial charge in [-0.2, -0.15) is 4.98 Å². The molecule has 1 aliphatic heterocycles. The zero-order valence-corrected chi connectivity index (χ0v) is 12.9. The summed E-state index contributed by atoms with van der Waals surface area (Å²) in [6.07, 6.45) is 4.17. The van der Waals surface area contributed by atoms with Gasteiger partial charge in [0, 0.05) is 52.6 Å². The Kier molecular flexibility index (Phi) is 4.27. The van der Waals surface area contributed by atoms with Crippen molar-refractivity contribution >= 4 is 18.0 Å². The Hall–Kier alpha value is -2.35. The molecule has 0 fully saturated rings. The number of hydrogen-bond acceptors (Lipinski definition) is 8. The van der Waals surface area contributed by atoms with Gasteiger partial charge in [-0.1, -0.05) is 0 Å². The lowest BCUT2D eigenvalue weighted by molar-refractivity contribution is 0.0613. The largest absolute Gasteiger partial charge is 0.383 e. The van der Waals surface area contributed by atoms with Crippen LogP contribution in [0.15, 0.2) is 22.6 Å². The average molecular weight is 290 g/mol. The number of hydrogen-bond donors (Lipinski definition) is 2. The predicted molar refractivity (Wildman–Crippen MR) is 84.2 cm³/mol. The standard InChI is InChI=1S/C13H22N8/c1-19(2)11-7-16-8-21(20(3)4)10(11)5-9-6-17-13(15)18-12(9)14/h6-7H,5,8H2,1-4H3,(H4,14,15,17,18). The minimum absolute atomic E-state index is 0.188. The second-order valence-electron chi connectivity index (χ2n) is 5.24. The van der Waals surface area contributed by atoms with Crippen molar-refractivity contribution in [1.29, 1.82) is 0 Å². The molecule has 0 saturated carbocycles. The van der Waals surface area contributed by atoms with Crippen molar-refractivity contribution in [3.63, 3.8) is 0 Å². The number of nitrogen functional groups attached to an aromatic ring is 2. The van der Waals surface area contributed by atoms with Crippen LogP contribution in [-0.4, -0.2) is 66.0 Å². The number of aromatic nitrogens is 2. The van der Waals surface area contributed by atoms with Gasteiger partial charge in [-0.05, 0) is 0 Å². The van der Waals surface area contributed by atoms with Crippen LogP contribution in [-0.2, 0) is 6.42 Å². The predicted octanol–water partition coefficient (Wildman–Crippen LogP) is -0.223. The van der Waals surface area contributed by atoms with Crippen LogP contribution in [0.4, 0.5) is 11.8 Å². The molecule has 0 aliphatic carbocycles. The second-order valence-corrected chi connectivity index (χ2v) is 5.24. The van der Waals surface area contributed by atoms with E-state index >= 15 is 0 Å². The maximum atomic E-state index is 5.95. The van der Waals surface area contributed by atoms with Crippen molar-refractivity contribution in [3.8, 4) is 0 Å². The molecule has 8 heteroatoms. The van der Waals surface area contributed by atoms with Crippen molar-refractivity contribution in [2.75, 3.05) is 46.3 Å². The van der Waals surface area contributed by atoms with E-state index in [9.17, 15) is 0 Å². The Balaban J connectivity index is 2.41. The fourth-order valence-electron chi connectivity index (χ4n) is 2.17. The van der Waals surface area contributed by atoms with Gasteiger partial charge in [-0.15, -0.1) is 0 Å². The number of nitrogens with zero attached hydrogens (tertiary/aromatic N) is 6. The Bertz CT molecular complexity index is 576. The van der Waals surface area contributed by atoms with Crippen molar-refractivity contribution < 1.29 is 0 Å².